The molecule has 1 heterocycles. The van der Waals surface area contributed by atoms with Crippen molar-refractivity contribution in [3.63, 3.8) is 0 Å². The highest BCUT2D eigenvalue weighted by atomic mass is 35.5. The number of nitrogens with zero attached hydrogens (tertiary/aromatic N) is 3. The lowest BCUT2D eigenvalue weighted by Crippen LogP contribution is -1.93. The number of rotatable bonds is 6. The molecule has 0 N–H and O–H groups in total. The third-order valence-corrected chi connectivity index (χ3v) is 4.41. The summed E-state index contributed by atoms with van der Waals surface area (Å²) in [5, 5.41) is 0.634. The van der Waals surface area contributed by atoms with Crippen LogP contribution < -0.4 is 9.47 Å². The summed E-state index contributed by atoms with van der Waals surface area (Å²) < 4.78 is 10.3. The summed E-state index contributed by atoms with van der Waals surface area (Å²) in [6.07, 6.45) is 0. The topological polar surface area (TPSA) is 56.1 Å². The van der Waals surface area contributed by atoms with E-state index in [1.165, 1.54) is 0 Å². The van der Waals surface area contributed by atoms with E-state index in [2.05, 4.69) is 15.0 Å². The van der Waals surface area contributed by atoms with Gasteiger partial charge in [0.2, 0.25) is 0 Å². The number of hydrogen-bond donors (Lipinski definition) is 0. The van der Waals surface area contributed by atoms with E-state index < -0.39 is 0 Å². The van der Waals surface area contributed by atoms with Crippen molar-refractivity contribution in [1.29, 1.82) is 0 Å². The molecule has 5 nitrogen and oxygen atoms in total. The van der Waals surface area contributed by atoms with Crippen LogP contribution in [0.3, 0.4) is 0 Å². The first-order valence-corrected chi connectivity index (χ1v) is 9.09. The number of aromatic nitrogens is 1. The maximum absolute atomic E-state index is 6.31. The Balaban J connectivity index is 1.82. The van der Waals surface area contributed by atoms with E-state index in [1.54, 1.807) is 32.4 Å². The molecule has 7 heteroatoms. The van der Waals surface area contributed by atoms with Crippen molar-refractivity contribution in [3.8, 4) is 11.5 Å². The average molecular weight is 414 g/mol. The Hall–Kier alpha value is -2.89. The minimum atomic E-state index is 0.317. The predicted octanol–water partition coefficient (Wildman–Crippen LogP) is 5.73. The molecule has 2 aromatic carbocycles. The van der Waals surface area contributed by atoms with Gasteiger partial charge in [-0.15, -0.1) is 0 Å². The molecule has 0 aliphatic heterocycles. The van der Waals surface area contributed by atoms with E-state index in [0.717, 1.165) is 22.6 Å². The van der Waals surface area contributed by atoms with E-state index in [-0.39, 0.29) is 0 Å². The van der Waals surface area contributed by atoms with Crippen molar-refractivity contribution < 1.29 is 9.47 Å². The van der Waals surface area contributed by atoms with Crippen molar-refractivity contribution in [2.75, 3.05) is 14.2 Å². The minimum Gasteiger partial charge on any atom is -0.497 e. The molecule has 28 heavy (non-hydrogen) atoms. The Morgan fingerprint density at radius 1 is 0.679 bits per heavy atom. The largest absolute Gasteiger partial charge is 0.497 e. The standard InChI is InChI=1S/C21H17Cl2N3O2/c1-27-16-10-6-14(7-11-16)20(22)25-18-4-3-5-19(24-18)26-21(23)15-8-12-17(28-2)13-9-15/h3-13H,1-2H3/b25-20-,26-21?. The molecule has 0 aliphatic rings. The fourth-order valence-corrected chi connectivity index (χ4v) is 2.75. The van der Waals surface area contributed by atoms with Crippen molar-refractivity contribution in [3.05, 3.63) is 77.9 Å². The molecule has 0 atom stereocenters. The number of methoxy groups -OCH3 is 2. The zero-order chi connectivity index (χ0) is 19.9. The van der Waals surface area contributed by atoms with E-state index in [0.29, 0.717) is 22.0 Å². The lowest BCUT2D eigenvalue weighted by atomic mass is 10.2. The monoisotopic (exact) mass is 413 g/mol. The second kappa shape index (κ2) is 9.35. The molecular weight excluding hydrogens is 397 g/mol. The van der Waals surface area contributed by atoms with Gasteiger partial charge in [-0.25, -0.2) is 15.0 Å². The molecule has 0 aliphatic carbocycles. The summed E-state index contributed by atoms with van der Waals surface area (Å²) in [5.74, 6) is 2.36. The predicted molar refractivity (Wildman–Crippen MR) is 114 cm³/mol. The van der Waals surface area contributed by atoms with Crippen LogP contribution in [0, 0.1) is 0 Å². The fraction of sp³-hybridized carbons (Fsp3) is 0.0952. The van der Waals surface area contributed by atoms with Crippen molar-refractivity contribution in [2.45, 2.75) is 0 Å². The van der Waals surface area contributed by atoms with Crippen molar-refractivity contribution in [1.82, 2.24) is 4.98 Å². The lowest BCUT2D eigenvalue weighted by molar-refractivity contribution is 0.414. The molecule has 3 aromatic rings. The van der Waals surface area contributed by atoms with Gasteiger partial charge in [-0.05, 0) is 60.7 Å². The van der Waals surface area contributed by atoms with Crippen LogP contribution in [0.5, 0.6) is 11.5 Å². The van der Waals surface area contributed by atoms with E-state index in [4.69, 9.17) is 32.7 Å². The van der Waals surface area contributed by atoms with Crippen LogP contribution in [0.4, 0.5) is 11.6 Å². The molecule has 0 amide bonds. The van der Waals surface area contributed by atoms with Gasteiger partial charge in [0.05, 0.1) is 14.2 Å². The lowest BCUT2D eigenvalue weighted by Gasteiger charge is -2.03. The Bertz CT molecular complexity index is 922. The molecule has 0 spiro atoms. The molecule has 0 radical (unpaired) electrons. The quantitative estimate of drug-likeness (QED) is 0.484. The summed E-state index contributed by atoms with van der Waals surface area (Å²) in [6, 6.07) is 19.8. The van der Waals surface area contributed by atoms with Crippen molar-refractivity contribution >= 4 is 45.2 Å². The summed E-state index contributed by atoms with van der Waals surface area (Å²) >= 11 is 12.6. The Kier molecular flexibility index (Phi) is 6.63. The van der Waals surface area contributed by atoms with Gasteiger partial charge in [-0.3, -0.25) is 0 Å². The summed E-state index contributed by atoms with van der Waals surface area (Å²) in [5.41, 5.74) is 1.52. The first kappa shape index (κ1) is 19.9. The van der Waals surface area contributed by atoms with Gasteiger partial charge in [0, 0.05) is 11.1 Å². The van der Waals surface area contributed by atoms with Gasteiger partial charge in [0.15, 0.2) is 11.6 Å². The van der Waals surface area contributed by atoms with Crippen LogP contribution in [-0.2, 0) is 0 Å². The molecule has 0 fully saturated rings. The van der Waals surface area contributed by atoms with Gasteiger partial charge in [0.25, 0.3) is 0 Å². The molecule has 3 rings (SSSR count). The molecule has 142 valence electrons. The van der Waals surface area contributed by atoms with Crippen LogP contribution in [0.25, 0.3) is 0 Å². The average Bonchev–Trinajstić information content (AvgIpc) is 2.74. The van der Waals surface area contributed by atoms with E-state index >= 15 is 0 Å². The molecular formula is C21H17Cl2N3O2. The minimum absolute atomic E-state index is 0.317. The van der Waals surface area contributed by atoms with Crippen LogP contribution in [0.15, 0.2) is 76.7 Å². The third kappa shape index (κ3) is 5.09. The van der Waals surface area contributed by atoms with E-state index in [9.17, 15) is 0 Å². The Labute approximate surface area is 173 Å². The summed E-state index contributed by atoms with van der Waals surface area (Å²) in [4.78, 5) is 13.1. The van der Waals surface area contributed by atoms with Gasteiger partial charge in [0.1, 0.15) is 21.8 Å². The summed E-state index contributed by atoms with van der Waals surface area (Å²) in [6.45, 7) is 0. The number of ether oxygens (including phenoxy) is 2. The van der Waals surface area contributed by atoms with Crippen LogP contribution in [0.1, 0.15) is 11.1 Å². The van der Waals surface area contributed by atoms with Crippen LogP contribution in [-0.4, -0.2) is 29.5 Å². The summed E-state index contributed by atoms with van der Waals surface area (Å²) in [7, 11) is 3.22. The zero-order valence-electron chi connectivity index (χ0n) is 15.3. The first-order chi connectivity index (χ1) is 13.6. The van der Waals surface area contributed by atoms with Crippen LogP contribution >= 0.6 is 23.2 Å². The van der Waals surface area contributed by atoms with Gasteiger partial charge in [-0.1, -0.05) is 29.3 Å². The number of aliphatic imine (C=N–C) groups is 2. The maximum atomic E-state index is 6.31. The number of hydrogen-bond acceptors (Lipinski definition) is 5. The first-order valence-electron chi connectivity index (χ1n) is 8.33. The molecule has 1 aromatic heterocycles. The molecule has 0 bridgehead atoms. The number of benzene rings is 2. The third-order valence-electron chi connectivity index (χ3n) is 3.80. The van der Waals surface area contributed by atoms with Gasteiger partial charge in [-0.2, -0.15) is 0 Å². The smallest absolute Gasteiger partial charge is 0.156 e. The number of pyridine rings is 1. The number of halogens is 2. The highest BCUT2D eigenvalue weighted by Gasteiger charge is 2.05. The maximum Gasteiger partial charge on any atom is 0.156 e. The highest BCUT2D eigenvalue weighted by molar-refractivity contribution is 6.70. The van der Waals surface area contributed by atoms with E-state index in [1.807, 2.05) is 48.5 Å². The van der Waals surface area contributed by atoms with Gasteiger partial charge >= 0.3 is 0 Å². The zero-order valence-corrected chi connectivity index (χ0v) is 16.8. The molecule has 0 saturated heterocycles. The Morgan fingerprint density at radius 3 is 1.43 bits per heavy atom. The van der Waals surface area contributed by atoms with Gasteiger partial charge < -0.3 is 9.47 Å². The van der Waals surface area contributed by atoms with Crippen LogP contribution in [0.2, 0.25) is 0 Å². The second-order valence-corrected chi connectivity index (χ2v) is 6.33. The van der Waals surface area contributed by atoms with Crippen molar-refractivity contribution in [2.24, 2.45) is 9.98 Å². The second-order valence-electron chi connectivity index (χ2n) is 5.62. The SMILES string of the molecule is COc1ccc(C(Cl)=Nc2cccc(/N=C(\Cl)c3ccc(OC)cc3)n2)cc1. The fourth-order valence-electron chi connectivity index (χ4n) is 2.32. The highest BCUT2D eigenvalue weighted by Crippen LogP contribution is 2.21. The normalized spacial score (nSPS) is 12.0. The molecule has 0 saturated carbocycles. The Morgan fingerprint density at radius 2 is 1.07 bits per heavy atom. The molecule has 0 unspecified atom stereocenters.